The Morgan fingerprint density at radius 1 is 1.14 bits per heavy atom. The molecule has 0 aliphatic heterocycles. The molecule has 2 aromatic carbocycles. The lowest BCUT2D eigenvalue weighted by atomic mass is 10.1. The molecule has 0 saturated heterocycles. The lowest BCUT2D eigenvalue weighted by Gasteiger charge is -2.22. The van der Waals surface area contributed by atoms with E-state index in [0.29, 0.717) is 12.1 Å². The van der Waals surface area contributed by atoms with Crippen molar-refractivity contribution in [2.45, 2.75) is 26.4 Å². The van der Waals surface area contributed by atoms with E-state index in [1.807, 2.05) is 24.3 Å². The molecule has 0 amide bonds. The molecule has 2 N–H and O–H groups in total. The maximum Gasteiger partial charge on any atom is 0.127 e. The van der Waals surface area contributed by atoms with Crippen LogP contribution in [0.25, 0.3) is 0 Å². The van der Waals surface area contributed by atoms with Crippen LogP contribution in [0.15, 0.2) is 46.9 Å². The fraction of sp³-hybridized carbons (Fsp3) is 0.294. The number of nitrogens with two attached hydrogens (primary N) is 1. The lowest BCUT2D eigenvalue weighted by molar-refractivity contribution is 0.253. The van der Waals surface area contributed by atoms with Gasteiger partial charge in [-0.1, -0.05) is 35.0 Å². The van der Waals surface area contributed by atoms with E-state index in [1.54, 1.807) is 6.07 Å². The van der Waals surface area contributed by atoms with Gasteiger partial charge in [0.05, 0.1) is 0 Å². The van der Waals surface area contributed by atoms with Crippen LogP contribution >= 0.6 is 15.9 Å². The van der Waals surface area contributed by atoms with Crippen LogP contribution in [0.5, 0.6) is 0 Å². The predicted molar refractivity (Wildman–Crippen MR) is 89.4 cm³/mol. The average molecular weight is 351 g/mol. The molecule has 4 heteroatoms. The van der Waals surface area contributed by atoms with Crippen molar-refractivity contribution in [3.05, 3.63) is 63.9 Å². The zero-order chi connectivity index (χ0) is 15.2. The van der Waals surface area contributed by atoms with Crippen LogP contribution in [-0.4, -0.2) is 11.4 Å². The van der Waals surface area contributed by atoms with Crippen LogP contribution < -0.4 is 5.73 Å². The monoisotopic (exact) mass is 350 g/mol. The van der Waals surface area contributed by atoms with E-state index >= 15 is 0 Å². The topological polar surface area (TPSA) is 29.3 Å². The maximum atomic E-state index is 13.9. The van der Waals surface area contributed by atoms with Crippen molar-refractivity contribution < 1.29 is 4.39 Å². The largest absolute Gasteiger partial charge is 0.399 e. The highest BCUT2D eigenvalue weighted by molar-refractivity contribution is 9.10. The van der Waals surface area contributed by atoms with Crippen LogP contribution in [0, 0.1) is 5.82 Å². The molecule has 0 spiro atoms. The van der Waals surface area contributed by atoms with Gasteiger partial charge in [0, 0.05) is 28.8 Å². The zero-order valence-electron chi connectivity index (χ0n) is 12.2. The van der Waals surface area contributed by atoms with Gasteiger partial charge < -0.3 is 5.73 Å². The number of rotatable bonds is 6. The third kappa shape index (κ3) is 4.83. The first-order valence-electron chi connectivity index (χ1n) is 7.09. The smallest absolute Gasteiger partial charge is 0.127 e. The third-order valence-corrected chi connectivity index (χ3v) is 3.79. The Bertz CT molecular complexity index is 601. The Kier molecular flexibility index (Phi) is 5.76. The van der Waals surface area contributed by atoms with E-state index in [4.69, 9.17) is 5.73 Å². The fourth-order valence-corrected chi connectivity index (χ4v) is 2.79. The van der Waals surface area contributed by atoms with Crippen molar-refractivity contribution in [3.63, 3.8) is 0 Å². The van der Waals surface area contributed by atoms with Gasteiger partial charge in [-0.3, -0.25) is 4.90 Å². The van der Waals surface area contributed by atoms with E-state index in [0.717, 1.165) is 35.2 Å². The molecule has 0 radical (unpaired) electrons. The normalized spacial score (nSPS) is 11.0. The quantitative estimate of drug-likeness (QED) is 0.772. The molecule has 112 valence electrons. The van der Waals surface area contributed by atoms with Crippen LogP contribution in [0.1, 0.15) is 24.5 Å². The summed E-state index contributed by atoms with van der Waals surface area (Å²) in [4.78, 5) is 2.24. The molecule has 0 aromatic heterocycles. The van der Waals surface area contributed by atoms with Crippen LogP contribution in [0.2, 0.25) is 0 Å². The highest BCUT2D eigenvalue weighted by atomic mass is 79.9. The van der Waals surface area contributed by atoms with Gasteiger partial charge in [0.25, 0.3) is 0 Å². The molecule has 0 aliphatic rings. The molecule has 0 heterocycles. The van der Waals surface area contributed by atoms with Gasteiger partial charge >= 0.3 is 0 Å². The van der Waals surface area contributed by atoms with Crippen molar-refractivity contribution in [3.8, 4) is 0 Å². The zero-order valence-corrected chi connectivity index (χ0v) is 13.7. The minimum absolute atomic E-state index is 0.160. The Labute approximate surface area is 133 Å². The summed E-state index contributed by atoms with van der Waals surface area (Å²) >= 11 is 3.40. The molecule has 0 fully saturated rings. The summed E-state index contributed by atoms with van der Waals surface area (Å²) in [5.41, 5.74) is 8.44. The van der Waals surface area contributed by atoms with Crippen molar-refractivity contribution in [2.24, 2.45) is 0 Å². The van der Waals surface area contributed by atoms with Crippen molar-refractivity contribution in [1.82, 2.24) is 4.90 Å². The van der Waals surface area contributed by atoms with E-state index < -0.39 is 0 Å². The summed E-state index contributed by atoms with van der Waals surface area (Å²) in [7, 11) is 0. The Morgan fingerprint density at radius 3 is 2.67 bits per heavy atom. The molecule has 0 atom stereocenters. The second kappa shape index (κ2) is 7.57. The Balaban J connectivity index is 2.13. The first kappa shape index (κ1) is 16.0. The van der Waals surface area contributed by atoms with Crippen LogP contribution in [0.4, 0.5) is 10.1 Å². The molecule has 21 heavy (non-hydrogen) atoms. The molecule has 0 aliphatic carbocycles. The van der Waals surface area contributed by atoms with Gasteiger partial charge in [-0.15, -0.1) is 0 Å². The average Bonchev–Trinajstić information content (AvgIpc) is 2.43. The minimum atomic E-state index is -0.160. The number of benzene rings is 2. The summed E-state index contributed by atoms with van der Waals surface area (Å²) in [6, 6.07) is 12.9. The predicted octanol–water partition coefficient (Wildman–Crippen LogP) is 4.58. The van der Waals surface area contributed by atoms with E-state index in [-0.39, 0.29) is 5.82 Å². The van der Waals surface area contributed by atoms with Gasteiger partial charge in [-0.2, -0.15) is 0 Å². The summed E-state index contributed by atoms with van der Waals surface area (Å²) in [5.74, 6) is -0.160. The second-order valence-corrected chi connectivity index (χ2v) is 6.11. The molecular formula is C17H20BrFN2. The summed E-state index contributed by atoms with van der Waals surface area (Å²) < 4.78 is 14.8. The summed E-state index contributed by atoms with van der Waals surface area (Å²) in [6.07, 6.45) is 1.03. The van der Waals surface area contributed by atoms with Crippen molar-refractivity contribution in [2.75, 3.05) is 12.3 Å². The van der Waals surface area contributed by atoms with Crippen LogP contribution in [0.3, 0.4) is 0 Å². The highest BCUT2D eigenvalue weighted by Gasteiger charge is 2.10. The van der Waals surface area contributed by atoms with Crippen molar-refractivity contribution in [1.29, 1.82) is 0 Å². The molecule has 2 nitrogen and oxygen atoms in total. The van der Waals surface area contributed by atoms with E-state index in [9.17, 15) is 4.39 Å². The van der Waals surface area contributed by atoms with Crippen LogP contribution in [-0.2, 0) is 13.1 Å². The van der Waals surface area contributed by atoms with Gasteiger partial charge in [0.1, 0.15) is 5.82 Å². The number of nitrogen functional groups attached to an aromatic ring is 1. The summed E-state index contributed by atoms with van der Waals surface area (Å²) in [5, 5.41) is 0. The molecule has 0 unspecified atom stereocenters. The first-order chi connectivity index (χ1) is 10.1. The Morgan fingerprint density at radius 2 is 1.95 bits per heavy atom. The molecular weight excluding hydrogens is 331 g/mol. The second-order valence-electron chi connectivity index (χ2n) is 5.19. The van der Waals surface area contributed by atoms with E-state index in [2.05, 4.69) is 33.8 Å². The van der Waals surface area contributed by atoms with Crippen molar-refractivity contribution >= 4 is 21.6 Å². The number of hydrogen-bond acceptors (Lipinski definition) is 2. The van der Waals surface area contributed by atoms with Gasteiger partial charge in [-0.05, 0) is 48.9 Å². The van der Waals surface area contributed by atoms with Gasteiger partial charge in [-0.25, -0.2) is 4.39 Å². The minimum Gasteiger partial charge on any atom is -0.399 e. The van der Waals surface area contributed by atoms with Gasteiger partial charge in [0.15, 0.2) is 0 Å². The molecule has 0 bridgehead atoms. The Hall–Kier alpha value is -1.39. The lowest BCUT2D eigenvalue weighted by Crippen LogP contribution is -2.24. The fourth-order valence-electron chi connectivity index (χ4n) is 2.39. The number of halogens is 2. The number of anilines is 1. The highest BCUT2D eigenvalue weighted by Crippen LogP contribution is 2.19. The maximum absolute atomic E-state index is 13.9. The molecule has 0 saturated carbocycles. The third-order valence-electron chi connectivity index (χ3n) is 3.30. The number of nitrogens with zero attached hydrogens (tertiary/aromatic N) is 1. The SMILES string of the molecule is CCCN(Cc1cccc(N)c1)Cc1cc(Br)ccc1F. The van der Waals surface area contributed by atoms with E-state index in [1.165, 1.54) is 6.07 Å². The molecule has 2 aromatic rings. The first-order valence-corrected chi connectivity index (χ1v) is 7.88. The van der Waals surface area contributed by atoms with Gasteiger partial charge in [0.2, 0.25) is 0 Å². The number of hydrogen-bond donors (Lipinski definition) is 1. The summed E-state index contributed by atoms with van der Waals surface area (Å²) in [6.45, 7) is 4.41. The molecule has 2 rings (SSSR count). The standard InChI is InChI=1S/C17H20BrFN2/c1-2-8-21(11-13-4-3-5-16(20)9-13)12-14-10-15(18)6-7-17(14)19/h3-7,9-10H,2,8,11-12,20H2,1H3.